The van der Waals surface area contributed by atoms with Gasteiger partial charge in [0.05, 0.1) is 24.3 Å². The minimum atomic E-state index is -0.729. The van der Waals surface area contributed by atoms with Crippen LogP contribution in [0.1, 0.15) is 47.4 Å². The van der Waals surface area contributed by atoms with Crippen molar-refractivity contribution in [3.8, 4) is 0 Å². The van der Waals surface area contributed by atoms with Crippen LogP contribution in [0.5, 0.6) is 0 Å². The van der Waals surface area contributed by atoms with Gasteiger partial charge >= 0.3 is 0 Å². The first-order valence-electron chi connectivity index (χ1n) is 7.27. The summed E-state index contributed by atoms with van der Waals surface area (Å²) in [7, 11) is 0. The van der Waals surface area contributed by atoms with Crippen molar-refractivity contribution in [1.82, 2.24) is 4.90 Å². The van der Waals surface area contributed by atoms with Crippen LogP contribution in [-0.4, -0.2) is 41.8 Å². The maximum atomic E-state index is 12.4. The molecular weight excluding hydrogens is 270 g/mol. The fourth-order valence-electron chi connectivity index (χ4n) is 3.03. The zero-order chi connectivity index (χ0) is 15.0. The molecule has 2 aliphatic heterocycles. The monoisotopic (exact) mass is 289 g/mol. The summed E-state index contributed by atoms with van der Waals surface area (Å²) in [6.45, 7) is 5.01. The minimum absolute atomic E-state index is 0.234. The van der Waals surface area contributed by atoms with E-state index in [1.54, 1.807) is 24.3 Å². The molecule has 1 aromatic rings. The van der Waals surface area contributed by atoms with E-state index in [0.717, 1.165) is 6.42 Å². The lowest BCUT2D eigenvalue weighted by atomic mass is 10.1. The topological polar surface area (TPSA) is 55.8 Å². The largest absolute Gasteiger partial charge is 0.350 e. The van der Waals surface area contributed by atoms with Gasteiger partial charge in [0.15, 0.2) is 5.79 Å². The molecule has 0 radical (unpaired) electrons. The summed E-state index contributed by atoms with van der Waals surface area (Å²) in [5, 5.41) is 0. The standard InChI is InChI=1S/C16H19NO4/c1-11(10-16(2)20-8-5-9-21-16)17-14(18)12-6-3-4-7-13(12)15(17)19/h3-4,6-7,11H,5,8-10H2,1-2H3. The average Bonchev–Trinajstić information content (AvgIpc) is 2.72. The molecule has 5 nitrogen and oxygen atoms in total. The smallest absolute Gasteiger partial charge is 0.261 e. The lowest BCUT2D eigenvalue weighted by molar-refractivity contribution is -0.262. The Morgan fingerprint density at radius 3 is 2.19 bits per heavy atom. The van der Waals surface area contributed by atoms with Crippen molar-refractivity contribution in [2.45, 2.75) is 38.5 Å². The highest BCUT2D eigenvalue weighted by molar-refractivity contribution is 6.21. The zero-order valence-corrected chi connectivity index (χ0v) is 12.3. The molecule has 3 rings (SSSR count). The Morgan fingerprint density at radius 1 is 1.14 bits per heavy atom. The number of rotatable bonds is 3. The van der Waals surface area contributed by atoms with Gasteiger partial charge in [-0.25, -0.2) is 0 Å². The molecule has 1 fully saturated rings. The fourth-order valence-corrected chi connectivity index (χ4v) is 3.03. The van der Waals surface area contributed by atoms with Crippen molar-refractivity contribution in [3.05, 3.63) is 35.4 Å². The highest BCUT2D eigenvalue weighted by atomic mass is 16.7. The predicted octanol–water partition coefficient (Wildman–Crippen LogP) is 2.21. The third-order valence-corrected chi connectivity index (χ3v) is 4.04. The molecule has 0 N–H and O–H groups in total. The first-order valence-corrected chi connectivity index (χ1v) is 7.27. The van der Waals surface area contributed by atoms with E-state index in [4.69, 9.17) is 9.47 Å². The Morgan fingerprint density at radius 2 is 1.67 bits per heavy atom. The van der Waals surface area contributed by atoms with Gasteiger partial charge in [0.1, 0.15) is 0 Å². The summed E-state index contributed by atoms with van der Waals surface area (Å²) in [6, 6.07) is 6.65. The van der Waals surface area contributed by atoms with Gasteiger partial charge in [0, 0.05) is 12.5 Å². The molecule has 2 heterocycles. The SMILES string of the molecule is CC(CC1(C)OCCCO1)N1C(=O)c2ccccc2C1=O. The van der Waals surface area contributed by atoms with Gasteiger partial charge in [-0.1, -0.05) is 12.1 Å². The molecule has 0 aliphatic carbocycles. The third-order valence-electron chi connectivity index (χ3n) is 4.04. The Kier molecular flexibility index (Phi) is 3.55. The Bertz CT molecular complexity index is 542. The van der Waals surface area contributed by atoms with Crippen LogP contribution >= 0.6 is 0 Å². The molecule has 1 aromatic carbocycles. The number of hydrogen-bond donors (Lipinski definition) is 0. The first-order chi connectivity index (χ1) is 10.0. The number of carbonyl (C=O) groups is 2. The molecule has 1 atom stereocenters. The first kappa shape index (κ1) is 14.2. The molecule has 0 saturated carbocycles. The normalized spacial score (nSPS) is 22.3. The average molecular weight is 289 g/mol. The van der Waals surface area contributed by atoms with Crippen LogP contribution in [0.3, 0.4) is 0 Å². The number of hydrogen-bond acceptors (Lipinski definition) is 4. The van der Waals surface area contributed by atoms with Crippen molar-refractivity contribution < 1.29 is 19.1 Å². The van der Waals surface area contributed by atoms with Crippen LogP contribution < -0.4 is 0 Å². The number of benzene rings is 1. The van der Waals surface area contributed by atoms with Crippen molar-refractivity contribution in [1.29, 1.82) is 0 Å². The van der Waals surface area contributed by atoms with Gasteiger partial charge in [-0.2, -0.15) is 0 Å². The van der Waals surface area contributed by atoms with Gasteiger partial charge in [0.2, 0.25) is 0 Å². The number of amides is 2. The molecule has 112 valence electrons. The Labute approximate surface area is 123 Å². The Hall–Kier alpha value is -1.72. The predicted molar refractivity (Wildman–Crippen MR) is 75.9 cm³/mol. The molecule has 1 unspecified atom stereocenters. The molecule has 0 spiro atoms. The Balaban J connectivity index is 1.78. The van der Waals surface area contributed by atoms with E-state index in [-0.39, 0.29) is 17.9 Å². The van der Waals surface area contributed by atoms with Crippen LogP contribution in [0.4, 0.5) is 0 Å². The molecule has 0 bridgehead atoms. The second kappa shape index (κ2) is 5.24. The van der Waals surface area contributed by atoms with Crippen molar-refractivity contribution in [2.75, 3.05) is 13.2 Å². The fraction of sp³-hybridized carbons (Fsp3) is 0.500. The second-order valence-corrected chi connectivity index (χ2v) is 5.76. The molecule has 0 aromatic heterocycles. The van der Waals surface area contributed by atoms with E-state index < -0.39 is 5.79 Å². The highest BCUT2D eigenvalue weighted by Gasteiger charge is 2.41. The summed E-state index contributed by atoms with van der Waals surface area (Å²) >= 11 is 0. The van der Waals surface area contributed by atoms with E-state index >= 15 is 0 Å². The van der Waals surface area contributed by atoms with Crippen LogP contribution in [0, 0.1) is 0 Å². The molecule has 2 amide bonds. The van der Waals surface area contributed by atoms with E-state index in [1.807, 2.05) is 13.8 Å². The van der Waals surface area contributed by atoms with Gasteiger partial charge in [0.25, 0.3) is 11.8 Å². The molecule has 2 aliphatic rings. The second-order valence-electron chi connectivity index (χ2n) is 5.76. The zero-order valence-electron chi connectivity index (χ0n) is 12.3. The quantitative estimate of drug-likeness (QED) is 0.801. The maximum Gasteiger partial charge on any atom is 0.261 e. The van der Waals surface area contributed by atoms with Crippen molar-refractivity contribution >= 4 is 11.8 Å². The molecule has 5 heteroatoms. The third kappa shape index (κ3) is 2.47. The number of nitrogens with zero attached hydrogens (tertiary/aromatic N) is 1. The van der Waals surface area contributed by atoms with Crippen LogP contribution in [0.25, 0.3) is 0 Å². The van der Waals surface area contributed by atoms with E-state index in [2.05, 4.69) is 0 Å². The van der Waals surface area contributed by atoms with Gasteiger partial charge in [-0.05, 0) is 32.4 Å². The lowest BCUT2D eigenvalue weighted by Gasteiger charge is -2.37. The van der Waals surface area contributed by atoms with Crippen molar-refractivity contribution in [2.24, 2.45) is 0 Å². The molecule has 1 saturated heterocycles. The van der Waals surface area contributed by atoms with Crippen LogP contribution in [0.2, 0.25) is 0 Å². The number of imide groups is 1. The maximum absolute atomic E-state index is 12.4. The van der Waals surface area contributed by atoms with Crippen LogP contribution in [0.15, 0.2) is 24.3 Å². The van der Waals surface area contributed by atoms with E-state index in [9.17, 15) is 9.59 Å². The summed E-state index contributed by atoms with van der Waals surface area (Å²) in [4.78, 5) is 26.2. The van der Waals surface area contributed by atoms with Gasteiger partial charge in [-0.3, -0.25) is 14.5 Å². The summed E-state index contributed by atoms with van der Waals surface area (Å²) in [6.07, 6.45) is 1.34. The lowest BCUT2D eigenvalue weighted by Crippen LogP contribution is -2.46. The van der Waals surface area contributed by atoms with Gasteiger partial charge in [-0.15, -0.1) is 0 Å². The van der Waals surface area contributed by atoms with Crippen LogP contribution in [-0.2, 0) is 9.47 Å². The van der Waals surface area contributed by atoms with Crippen molar-refractivity contribution in [3.63, 3.8) is 0 Å². The summed E-state index contributed by atoms with van der Waals surface area (Å²) in [5.74, 6) is -1.20. The summed E-state index contributed by atoms with van der Waals surface area (Å²) < 4.78 is 11.3. The highest BCUT2D eigenvalue weighted by Crippen LogP contribution is 2.30. The van der Waals surface area contributed by atoms with E-state index in [1.165, 1.54) is 4.90 Å². The summed E-state index contributed by atoms with van der Waals surface area (Å²) in [5.41, 5.74) is 0.954. The number of ether oxygens (including phenoxy) is 2. The minimum Gasteiger partial charge on any atom is -0.350 e. The number of fused-ring (bicyclic) bond motifs is 1. The molecular formula is C16H19NO4. The van der Waals surface area contributed by atoms with Gasteiger partial charge < -0.3 is 9.47 Å². The molecule has 21 heavy (non-hydrogen) atoms. The number of carbonyl (C=O) groups excluding carboxylic acids is 2. The van der Waals surface area contributed by atoms with E-state index in [0.29, 0.717) is 30.8 Å².